The fourth-order valence-corrected chi connectivity index (χ4v) is 5.70. The number of nitrogens with zero attached hydrogens (tertiary/aromatic N) is 2. The summed E-state index contributed by atoms with van der Waals surface area (Å²) in [6.45, 7) is 1.27. The number of aromatic nitrogens is 2. The molecule has 0 atom stereocenters. The van der Waals surface area contributed by atoms with E-state index in [1.54, 1.807) is 17.7 Å². The second kappa shape index (κ2) is 7.60. The van der Waals surface area contributed by atoms with E-state index in [0.29, 0.717) is 30.4 Å². The summed E-state index contributed by atoms with van der Waals surface area (Å²) in [6, 6.07) is 5.49. The van der Waals surface area contributed by atoms with Crippen LogP contribution in [0.15, 0.2) is 29.6 Å². The van der Waals surface area contributed by atoms with Crippen molar-refractivity contribution >= 4 is 44.9 Å². The standard InChI is InChI=1S/C20H19N3O3S2/c24-17(23-12-5-6-14-15(9-12)26-8-2-7-25-14)10-27-19-18-13-3-1-4-16(13)28-20(18)22-11-21-19/h5-6,9,11H,1-4,7-8,10H2,(H,23,24). The Morgan fingerprint density at radius 1 is 1.14 bits per heavy atom. The summed E-state index contributed by atoms with van der Waals surface area (Å²) in [5, 5.41) is 4.99. The zero-order chi connectivity index (χ0) is 18.9. The number of benzene rings is 1. The van der Waals surface area contributed by atoms with Crippen molar-refractivity contribution in [2.45, 2.75) is 30.7 Å². The van der Waals surface area contributed by atoms with Crippen LogP contribution in [0.25, 0.3) is 10.2 Å². The molecule has 28 heavy (non-hydrogen) atoms. The number of carbonyl (C=O) groups excluding carboxylic acids is 1. The van der Waals surface area contributed by atoms with Crippen LogP contribution < -0.4 is 14.8 Å². The average Bonchev–Trinajstić information content (AvgIpc) is 3.20. The summed E-state index contributed by atoms with van der Waals surface area (Å²) >= 11 is 3.23. The minimum absolute atomic E-state index is 0.0712. The molecule has 1 aliphatic carbocycles. The number of hydrogen-bond acceptors (Lipinski definition) is 7. The molecule has 1 amide bonds. The van der Waals surface area contributed by atoms with Gasteiger partial charge in [-0.1, -0.05) is 11.8 Å². The van der Waals surface area contributed by atoms with E-state index in [0.717, 1.165) is 40.3 Å². The first-order valence-electron chi connectivity index (χ1n) is 9.35. The lowest BCUT2D eigenvalue weighted by Crippen LogP contribution is -2.14. The molecule has 2 aliphatic rings. The smallest absolute Gasteiger partial charge is 0.234 e. The molecule has 0 bridgehead atoms. The Morgan fingerprint density at radius 3 is 2.96 bits per heavy atom. The lowest BCUT2D eigenvalue weighted by atomic mass is 10.2. The summed E-state index contributed by atoms with van der Waals surface area (Å²) in [6.07, 6.45) is 5.86. The van der Waals surface area contributed by atoms with E-state index in [2.05, 4.69) is 15.3 Å². The fourth-order valence-electron chi connectivity index (χ4n) is 3.58. The molecule has 0 unspecified atom stereocenters. The number of amides is 1. The van der Waals surface area contributed by atoms with Gasteiger partial charge in [-0.25, -0.2) is 9.97 Å². The number of thiophene rings is 1. The van der Waals surface area contributed by atoms with E-state index in [1.807, 2.05) is 18.2 Å². The highest BCUT2D eigenvalue weighted by Crippen LogP contribution is 2.40. The number of hydrogen-bond donors (Lipinski definition) is 1. The van der Waals surface area contributed by atoms with E-state index in [4.69, 9.17) is 9.47 Å². The SMILES string of the molecule is O=C(CSc1ncnc2sc3c(c12)CCC3)Nc1ccc2c(c1)OCCCO2. The summed E-state index contributed by atoms with van der Waals surface area (Å²) in [4.78, 5) is 23.8. The van der Waals surface area contributed by atoms with Crippen LogP contribution in [0.1, 0.15) is 23.3 Å². The zero-order valence-corrected chi connectivity index (χ0v) is 16.8. The molecule has 3 heterocycles. The molecular weight excluding hydrogens is 394 g/mol. The molecular formula is C20H19N3O3S2. The first-order valence-corrected chi connectivity index (χ1v) is 11.2. The van der Waals surface area contributed by atoms with Crippen molar-refractivity contribution in [3.05, 3.63) is 35.0 Å². The van der Waals surface area contributed by atoms with Gasteiger partial charge in [0.1, 0.15) is 16.2 Å². The molecule has 0 fully saturated rings. The molecule has 0 radical (unpaired) electrons. The number of thioether (sulfide) groups is 1. The Kier molecular flexibility index (Phi) is 4.82. The van der Waals surface area contributed by atoms with Crippen LogP contribution >= 0.6 is 23.1 Å². The monoisotopic (exact) mass is 413 g/mol. The highest BCUT2D eigenvalue weighted by molar-refractivity contribution is 8.00. The molecule has 0 saturated heterocycles. The van der Waals surface area contributed by atoms with Crippen molar-refractivity contribution in [1.29, 1.82) is 0 Å². The van der Waals surface area contributed by atoms with E-state index in [-0.39, 0.29) is 5.91 Å². The number of carbonyl (C=O) groups is 1. The summed E-state index contributed by atoms with van der Waals surface area (Å²) in [7, 11) is 0. The Labute approximate surface area is 170 Å². The van der Waals surface area contributed by atoms with Crippen LogP contribution in [-0.2, 0) is 17.6 Å². The first-order chi connectivity index (χ1) is 13.8. The third-order valence-corrected chi connectivity index (χ3v) is 7.03. The van der Waals surface area contributed by atoms with Gasteiger partial charge < -0.3 is 14.8 Å². The average molecular weight is 414 g/mol. The van der Waals surface area contributed by atoms with E-state index >= 15 is 0 Å². The largest absolute Gasteiger partial charge is 0.490 e. The summed E-state index contributed by atoms with van der Waals surface area (Å²) < 4.78 is 11.3. The third-order valence-electron chi connectivity index (χ3n) is 4.84. The van der Waals surface area contributed by atoms with Gasteiger partial charge in [-0.15, -0.1) is 11.3 Å². The van der Waals surface area contributed by atoms with Crippen LogP contribution in [0, 0.1) is 0 Å². The lowest BCUT2D eigenvalue weighted by molar-refractivity contribution is -0.113. The Bertz CT molecular complexity index is 1050. The first kappa shape index (κ1) is 17.8. The highest BCUT2D eigenvalue weighted by Gasteiger charge is 2.21. The van der Waals surface area contributed by atoms with E-state index < -0.39 is 0 Å². The topological polar surface area (TPSA) is 73.3 Å². The van der Waals surface area contributed by atoms with Gasteiger partial charge in [0.15, 0.2) is 11.5 Å². The van der Waals surface area contributed by atoms with Crippen molar-refractivity contribution in [2.24, 2.45) is 0 Å². The predicted molar refractivity (Wildman–Crippen MR) is 111 cm³/mol. The van der Waals surface area contributed by atoms with Crippen molar-refractivity contribution in [3.8, 4) is 11.5 Å². The van der Waals surface area contributed by atoms with Gasteiger partial charge in [0.2, 0.25) is 5.91 Å². The van der Waals surface area contributed by atoms with Gasteiger partial charge in [-0.05, 0) is 37.0 Å². The Morgan fingerprint density at radius 2 is 2.04 bits per heavy atom. The molecule has 1 aromatic carbocycles. The van der Waals surface area contributed by atoms with Crippen LogP contribution in [0.5, 0.6) is 11.5 Å². The Hall–Kier alpha value is -2.32. The van der Waals surface area contributed by atoms with E-state index in [9.17, 15) is 4.79 Å². The molecule has 2 aromatic heterocycles. The maximum atomic E-state index is 12.5. The minimum Gasteiger partial charge on any atom is -0.490 e. The fraction of sp³-hybridized carbons (Fsp3) is 0.350. The van der Waals surface area contributed by atoms with E-state index in [1.165, 1.54) is 28.6 Å². The lowest BCUT2D eigenvalue weighted by Gasteiger charge is -2.10. The predicted octanol–water partition coefficient (Wildman–Crippen LogP) is 4.07. The van der Waals surface area contributed by atoms with Crippen molar-refractivity contribution < 1.29 is 14.3 Å². The van der Waals surface area contributed by atoms with Crippen molar-refractivity contribution in [1.82, 2.24) is 9.97 Å². The second-order valence-corrected chi connectivity index (χ2v) is 8.81. The van der Waals surface area contributed by atoms with Gasteiger partial charge in [0.05, 0.1) is 19.0 Å². The molecule has 5 rings (SSSR count). The minimum atomic E-state index is -0.0712. The van der Waals surface area contributed by atoms with Gasteiger partial charge in [-0.3, -0.25) is 4.79 Å². The summed E-state index contributed by atoms with van der Waals surface area (Å²) in [5.74, 6) is 1.62. The maximum Gasteiger partial charge on any atom is 0.234 e. The molecule has 144 valence electrons. The number of nitrogens with one attached hydrogen (secondary N) is 1. The van der Waals surface area contributed by atoms with Crippen LogP contribution in [0.3, 0.4) is 0 Å². The van der Waals surface area contributed by atoms with Crippen molar-refractivity contribution in [3.63, 3.8) is 0 Å². The van der Waals surface area contributed by atoms with Crippen LogP contribution in [0.2, 0.25) is 0 Å². The number of rotatable bonds is 4. The maximum absolute atomic E-state index is 12.5. The molecule has 0 spiro atoms. The molecule has 1 aliphatic heterocycles. The quantitative estimate of drug-likeness (QED) is 0.513. The molecule has 6 nitrogen and oxygen atoms in total. The summed E-state index contributed by atoms with van der Waals surface area (Å²) in [5.41, 5.74) is 2.09. The molecule has 1 N–H and O–H groups in total. The molecule has 0 saturated carbocycles. The number of fused-ring (bicyclic) bond motifs is 4. The molecule has 8 heteroatoms. The van der Waals surface area contributed by atoms with Crippen molar-refractivity contribution in [2.75, 3.05) is 24.3 Å². The van der Waals surface area contributed by atoms with Gasteiger partial charge in [0, 0.05) is 28.4 Å². The normalized spacial score (nSPS) is 15.3. The Balaban J connectivity index is 1.28. The van der Waals surface area contributed by atoms with Crippen LogP contribution in [0.4, 0.5) is 5.69 Å². The zero-order valence-electron chi connectivity index (χ0n) is 15.2. The molecule has 3 aromatic rings. The number of anilines is 1. The van der Waals surface area contributed by atoms with Gasteiger partial charge >= 0.3 is 0 Å². The highest BCUT2D eigenvalue weighted by atomic mass is 32.2. The van der Waals surface area contributed by atoms with Gasteiger partial charge in [0.25, 0.3) is 0 Å². The van der Waals surface area contributed by atoms with Crippen LogP contribution in [-0.4, -0.2) is 34.8 Å². The number of aryl methyl sites for hydroxylation is 2. The second-order valence-electron chi connectivity index (χ2n) is 6.77. The van der Waals surface area contributed by atoms with Gasteiger partial charge in [-0.2, -0.15) is 0 Å². The number of ether oxygens (including phenoxy) is 2. The third kappa shape index (κ3) is 3.42.